The zero-order chi connectivity index (χ0) is 12.8. The van der Waals surface area contributed by atoms with Gasteiger partial charge in [-0.2, -0.15) is 0 Å². The van der Waals surface area contributed by atoms with Gasteiger partial charge in [0.2, 0.25) is 5.91 Å². The molecule has 0 rings (SSSR count). The van der Waals surface area contributed by atoms with E-state index in [1.807, 2.05) is 20.8 Å². The minimum absolute atomic E-state index is 0.225. The number of ether oxygens (including phenoxy) is 1. The number of carbonyl (C=O) groups is 1. The Morgan fingerprint density at radius 1 is 1.38 bits per heavy atom. The van der Waals surface area contributed by atoms with Gasteiger partial charge in [-0.15, -0.1) is 0 Å². The molecule has 1 atom stereocenters. The minimum atomic E-state index is -0.675. The second-order valence-electron chi connectivity index (χ2n) is 5.21. The van der Waals surface area contributed by atoms with Crippen LogP contribution in [0.2, 0.25) is 0 Å². The van der Waals surface area contributed by atoms with E-state index in [1.54, 1.807) is 0 Å². The van der Waals surface area contributed by atoms with Gasteiger partial charge in [-0.25, -0.2) is 0 Å². The largest absolute Gasteiger partial charge is 0.381 e. The van der Waals surface area contributed by atoms with Gasteiger partial charge < -0.3 is 15.8 Å². The van der Waals surface area contributed by atoms with Gasteiger partial charge in [0.05, 0.1) is 5.54 Å². The van der Waals surface area contributed by atoms with Crippen molar-refractivity contribution in [1.82, 2.24) is 5.32 Å². The third kappa shape index (κ3) is 6.08. The first-order valence-electron chi connectivity index (χ1n) is 5.93. The molecule has 0 aliphatic rings. The minimum Gasteiger partial charge on any atom is -0.381 e. The lowest BCUT2D eigenvalue weighted by Crippen LogP contribution is -2.56. The SMILES string of the molecule is CC(C)COCCC(C)(NC(C)C)C(N)=O. The normalized spacial score (nSPS) is 15.4. The highest BCUT2D eigenvalue weighted by Gasteiger charge is 2.30. The number of carbonyl (C=O) groups excluding carboxylic acids is 1. The van der Waals surface area contributed by atoms with Gasteiger partial charge in [-0.3, -0.25) is 4.79 Å². The summed E-state index contributed by atoms with van der Waals surface area (Å²) in [6.07, 6.45) is 0.604. The van der Waals surface area contributed by atoms with E-state index >= 15 is 0 Å². The molecule has 4 heteroatoms. The fourth-order valence-electron chi connectivity index (χ4n) is 1.50. The Balaban J connectivity index is 4.08. The van der Waals surface area contributed by atoms with Crippen LogP contribution in [-0.2, 0) is 9.53 Å². The zero-order valence-corrected chi connectivity index (χ0v) is 11.2. The van der Waals surface area contributed by atoms with Crippen molar-refractivity contribution in [3.63, 3.8) is 0 Å². The average molecular weight is 230 g/mol. The van der Waals surface area contributed by atoms with Crippen LogP contribution >= 0.6 is 0 Å². The van der Waals surface area contributed by atoms with Crippen molar-refractivity contribution in [3.05, 3.63) is 0 Å². The topological polar surface area (TPSA) is 64.3 Å². The highest BCUT2D eigenvalue weighted by atomic mass is 16.5. The summed E-state index contributed by atoms with van der Waals surface area (Å²) in [5.74, 6) is 0.187. The van der Waals surface area contributed by atoms with Crippen LogP contribution in [0.15, 0.2) is 0 Å². The number of hydrogen-bond donors (Lipinski definition) is 2. The third-order valence-electron chi connectivity index (χ3n) is 2.35. The van der Waals surface area contributed by atoms with Crippen molar-refractivity contribution in [2.45, 2.75) is 52.6 Å². The second-order valence-corrected chi connectivity index (χ2v) is 5.21. The molecule has 0 fully saturated rings. The maximum absolute atomic E-state index is 11.4. The predicted molar refractivity (Wildman–Crippen MR) is 66.1 cm³/mol. The van der Waals surface area contributed by atoms with Crippen molar-refractivity contribution in [1.29, 1.82) is 0 Å². The number of nitrogens with two attached hydrogens (primary N) is 1. The van der Waals surface area contributed by atoms with E-state index in [4.69, 9.17) is 10.5 Å². The molecule has 0 spiro atoms. The summed E-state index contributed by atoms with van der Waals surface area (Å²) in [6, 6.07) is 0.225. The fraction of sp³-hybridized carbons (Fsp3) is 0.917. The van der Waals surface area contributed by atoms with Crippen molar-refractivity contribution in [3.8, 4) is 0 Å². The van der Waals surface area contributed by atoms with Crippen LogP contribution < -0.4 is 11.1 Å². The molecule has 0 saturated heterocycles. The third-order valence-corrected chi connectivity index (χ3v) is 2.35. The van der Waals surface area contributed by atoms with Crippen LogP contribution in [0.5, 0.6) is 0 Å². The number of nitrogens with one attached hydrogen (secondary N) is 1. The van der Waals surface area contributed by atoms with Gasteiger partial charge >= 0.3 is 0 Å². The molecule has 0 aromatic heterocycles. The molecule has 0 aliphatic carbocycles. The van der Waals surface area contributed by atoms with Gasteiger partial charge in [0.25, 0.3) is 0 Å². The number of hydrogen-bond acceptors (Lipinski definition) is 3. The van der Waals surface area contributed by atoms with Gasteiger partial charge in [0, 0.05) is 19.3 Å². The van der Waals surface area contributed by atoms with Gasteiger partial charge in [-0.05, 0) is 33.1 Å². The maximum atomic E-state index is 11.4. The van der Waals surface area contributed by atoms with E-state index in [0.717, 1.165) is 6.61 Å². The quantitative estimate of drug-likeness (QED) is 0.618. The molecule has 3 N–H and O–H groups in total. The Hall–Kier alpha value is -0.610. The average Bonchev–Trinajstić information content (AvgIpc) is 2.10. The van der Waals surface area contributed by atoms with Crippen LogP contribution in [0, 0.1) is 5.92 Å². The van der Waals surface area contributed by atoms with E-state index in [9.17, 15) is 4.79 Å². The molecule has 1 unspecified atom stereocenters. The molecule has 0 bridgehead atoms. The molecule has 1 amide bonds. The first-order valence-corrected chi connectivity index (χ1v) is 5.93. The van der Waals surface area contributed by atoms with Crippen LogP contribution in [-0.4, -0.2) is 30.7 Å². The molecule has 96 valence electrons. The molecule has 4 nitrogen and oxygen atoms in total. The highest BCUT2D eigenvalue weighted by molar-refractivity contribution is 5.84. The van der Waals surface area contributed by atoms with E-state index in [1.165, 1.54) is 0 Å². The highest BCUT2D eigenvalue weighted by Crippen LogP contribution is 2.11. The van der Waals surface area contributed by atoms with Crippen molar-refractivity contribution >= 4 is 5.91 Å². The Labute approximate surface area is 98.9 Å². The number of amides is 1. The summed E-state index contributed by atoms with van der Waals surface area (Å²) in [6.45, 7) is 11.3. The fourth-order valence-corrected chi connectivity index (χ4v) is 1.50. The molecule has 16 heavy (non-hydrogen) atoms. The Morgan fingerprint density at radius 2 is 1.94 bits per heavy atom. The molecular formula is C12H26N2O2. The lowest BCUT2D eigenvalue weighted by atomic mass is 9.96. The van der Waals surface area contributed by atoms with Crippen LogP contribution in [0.25, 0.3) is 0 Å². The van der Waals surface area contributed by atoms with Gasteiger partial charge in [-0.1, -0.05) is 13.8 Å². The molecular weight excluding hydrogens is 204 g/mol. The Bertz CT molecular complexity index is 217. The van der Waals surface area contributed by atoms with E-state index in [2.05, 4.69) is 19.2 Å². The lowest BCUT2D eigenvalue weighted by molar-refractivity contribution is -0.125. The predicted octanol–water partition coefficient (Wildman–Crippen LogP) is 1.29. The molecule has 0 aromatic rings. The smallest absolute Gasteiger partial charge is 0.237 e. The first kappa shape index (κ1) is 15.4. The molecule has 0 aliphatic heterocycles. The summed E-state index contributed by atoms with van der Waals surface area (Å²) >= 11 is 0. The number of rotatable bonds is 8. The molecule has 0 radical (unpaired) electrons. The van der Waals surface area contributed by atoms with Gasteiger partial charge in [0.1, 0.15) is 0 Å². The zero-order valence-electron chi connectivity index (χ0n) is 11.2. The second kappa shape index (κ2) is 6.86. The molecule has 0 saturated carbocycles. The van der Waals surface area contributed by atoms with E-state index in [0.29, 0.717) is 18.9 Å². The summed E-state index contributed by atoms with van der Waals surface area (Å²) in [5, 5.41) is 3.19. The maximum Gasteiger partial charge on any atom is 0.237 e. The standard InChI is InChI=1S/C12H26N2O2/c1-9(2)8-16-7-6-12(5,11(13)15)14-10(3)4/h9-10,14H,6-8H2,1-5H3,(H2,13,15). The summed E-state index contributed by atoms with van der Waals surface area (Å²) in [4.78, 5) is 11.4. The Kier molecular flexibility index (Phi) is 6.60. The van der Waals surface area contributed by atoms with E-state index < -0.39 is 5.54 Å². The van der Waals surface area contributed by atoms with E-state index in [-0.39, 0.29) is 11.9 Å². The van der Waals surface area contributed by atoms with Crippen LogP contribution in [0.3, 0.4) is 0 Å². The van der Waals surface area contributed by atoms with Gasteiger partial charge in [0.15, 0.2) is 0 Å². The lowest BCUT2D eigenvalue weighted by Gasteiger charge is -2.29. The van der Waals surface area contributed by atoms with Crippen LogP contribution in [0.4, 0.5) is 0 Å². The number of primary amides is 1. The van der Waals surface area contributed by atoms with Crippen molar-refractivity contribution in [2.24, 2.45) is 11.7 Å². The monoisotopic (exact) mass is 230 g/mol. The first-order chi connectivity index (χ1) is 7.28. The van der Waals surface area contributed by atoms with Crippen molar-refractivity contribution < 1.29 is 9.53 Å². The Morgan fingerprint density at radius 3 is 2.31 bits per heavy atom. The summed E-state index contributed by atoms with van der Waals surface area (Å²) in [5.41, 5.74) is 4.73. The molecule has 0 aromatic carbocycles. The summed E-state index contributed by atoms with van der Waals surface area (Å²) in [7, 11) is 0. The van der Waals surface area contributed by atoms with Crippen molar-refractivity contribution in [2.75, 3.05) is 13.2 Å². The molecule has 0 heterocycles. The summed E-state index contributed by atoms with van der Waals surface area (Å²) < 4.78 is 5.47. The van der Waals surface area contributed by atoms with Crippen LogP contribution in [0.1, 0.15) is 41.0 Å².